The van der Waals surface area contributed by atoms with E-state index in [1.54, 1.807) is 4.90 Å². The first-order valence-electron chi connectivity index (χ1n) is 8.15. The van der Waals surface area contributed by atoms with E-state index in [0.29, 0.717) is 25.7 Å². The third kappa shape index (κ3) is 4.73. The van der Waals surface area contributed by atoms with Crippen molar-refractivity contribution in [3.63, 3.8) is 0 Å². The molecule has 4 nitrogen and oxygen atoms in total. The second kappa shape index (κ2) is 8.18. The summed E-state index contributed by atoms with van der Waals surface area (Å²) in [5, 5.41) is 0. The highest BCUT2D eigenvalue weighted by Gasteiger charge is 2.25. The van der Waals surface area contributed by atoms with Crippen LogP contribution in [0.15, 0.2) is 24.3 Å². The van der Waals surface area contributed by atoms with E-state index in [0.717, 1.165) is 30.6 Å². The molecule has 2 rings (SSSR count). The van der Waals surface area contributed by atoms with Gasteiger partial charge in [-0.05, 0) is 31.2 Å². The molecule has 122 valence electrons. The summed E-state index contributed by atoms with van der Waals surface area (Å²) < 4.78 is 11.4. The van der Waals surface area contributed by atoms with Crippen LogP contribution in [0.2, 0.25) is 0 Å². The van der Waals surface area contributed by atoms with E-state index in [4.69, 9.17) is 9.47 Å². The van der Waals surface area contributed by atoms with E-state index in [-0.39, 0.29) is 12.0 Å². The Balaban J connectivity index is 1.98. The molecule has 0 aromatic heterocycles. The monoisotopic (exact) mass is 305 g/mol. The Bertz CT molecular complexity index is 481. The molecule has 0 radical (unpaired) electrons. The highest BCUT2D eigenvalue weighted by atomic mass is 16.5. The summed E-state index contributed by atoms with van der Waals surface area (Å²) in [6.07, 6.45) is 2.68. The fourth-order valence-electron chi connectivity index (χ4n) is 2.55. The molecule has 1 aliphatic heterocycles. The van der Waals surface area contributed by atoms with Gasteiger partial charge in [0.1, 0.15) is 11.9 Å². The lowest BCUT2D eigenvalue weighted by Gasteiger charge is -2.27. The summed E-state index contributed by atoms with van der Waals surface area (Å²) >= 11 is 0. The van der Waals surface area contributed by atoms with Crippen LogP contribution in [0, 0.1) is 5.92 Å². The van der Waals surface area contributed by atoms with E-state index < -0.39 is 0 Å². The number of rotatable bonds is 6. The maximum Gasteiger partial charge on any atom is 0.251 e. The van der Waals surface area contributed by atoms with Gasteiger partial charge in [-0.15, -0.1) is 0 Å². The molecule has 1 fully saturated rings. The lowest BCUT2D eigenvalue weighted by molar-refractivity contribution is -0.145. The fourth-order valence-corrected chi connectivity index (χ4v) is 2.55. The largest absolute Gasteiger partial charge is 0.493 e. The minimum Gasteiger partial charge on any atom is -0.493 e. The van der Waals surface area contributed by atoms with E-state index in [2.05, 4.69) is 13.8 Å². The molecule has 0 N–H and O–H groups in total. The number of hydrogen-bond acceptors (Lipinski definition) is 3. The highest BCUT2D eigenvalue weighted by Crippen LogP contribution is 2.22. The maximum atomic E-state index is 12.4. The van der Waals surface area contributed by atoms with Crippen molar-refractivity contribution >= 4 is 5.91 Å². The first-order valence-corrected chi connectivity index (χ1v) is 8.15. The first kappa shape index (κ1) is 16.8. The number of nitrogens with zero attached hydrogens (tertiary/aromatic N) is 1. The Kier molecular flexibility index (Phi) is 6.25. The molecule has 22 heavy (non-hydrogen) atoms. The van der Waals surface area contributed by atoms with Crippen molar-refractivity contribution in [2.24, 2.45) is 5.92 Å². The second-order valence-electron chi connectivity index (χ2n) is 6.36. The fraction of sp³-hybridized carbons (Fsp3) is 0.611. The predicted molar refractivity (Wildman–Crippen MR) is 86.8 cm³/mol. The van der Waals surface area contributed by atoms with Crippen molar-refractivity contribution in [1.29, 1.82) is 0 Å². The Morgan fingerprint density at radius 3 is 2.82 bits per heavy atom. The number of benzene rings is 1. The van der Waals surface area contributed by atoms with Gasteiger partial charge < -0.3 is 14.4 Å². The van der Waals surface area contributed by atoms with Gasteiger partial charge in [0, 0.05) is 25.8 Å². The number of carbonyl (C=O) groups is 1. The summed E-state index contributed by atoms with van der Waals surface area (Å²) in [7, 11) is 1.83. The van der Waals surface area contributed by atoms with Gasteiger partial charge in [-0.2, -0.15) is 0 Å². The first-order chi connectivity index (χ1) is 10.6. The normalized spacial score (nSPS) is 18.3. The minimum atomic E-state index is -0.275. The average molecular weight is 305 g/mol. The molecule has 0 bridgehead atoms. The summed E-state index contributed by atoms with van der Waals surface area (Å²) in [6, 6.07) is 7.92. The van der Waals surface area contributed by atoms with Gasteiger partial charge in [0.05, 0.1) is 6.61 Å². The van der Waals surface area contributed by atoms with Crippen LogP contribution in [0.1, 0.15) is 38.7 Å². The van der Waals surface area contributed by atoms with Gasteiger partial charge in [0.25, 0.3) is 5.91 Å². The lowest BCUT2D eigenvalue weighted by atomic mass is 10.1. The third-order valence-corrected chi connectivity index (χ3v) is 3.78. The zero-order valence-corrected chi connectivity index (χ0v) is 13.9. The zero-order chi connectivity index (χ0) is 15.9. The van der Waals surface area contributed by atoms with Crippen molar-refractivity contribution in [3.8, 4) is 5.75 Å². The topological polar surface area (TPSA) is 38.8 Å². The Morgan fingerprint density at radius 1 is 1.36 bits per heavy atom. The van der Waals surface area contributed by atoms with Crippen LogP contribution in [0.3, 0.4) is 0 Å². The Hall–Kier alpha value is -1.55. The molecule has 0 aliphatic carbocycles. The van der Waals surface area contributed by atoms with Crippen molar-refractivity contribution in [3.05, 3.63) is 29.8 Å². The number of likely N-dealkylation sites (N-methyl/N-ethyl adjacent to an activating group) is 1. The van der Waals surface area contributed by atoms with Gasteiger partial charge in [-0.25, -0.2) is 0 Å². The van der Waals surface area contributed by atoms with Crippen LogP contribution in [0.5, 0.6) is 5.75 Å². The third-order valence-electron chi connectivity index (χ3n) is 3.78. The number of para-hydroxylation sites is 1. The van der Waals surface area contributed by atoms with Crippen LogP contribution in [-0.4, -0.2) is 37.2 Å². The molecule has 0 saturated carbocycles. The summed E-state index contributed by atoms with van der Waals surface area (Å²) in [5.74, 6) is 1.40. The molecule has 1 heterocycles. The van der Waals surface area contributed by atoms with Gasteiger partial charge >= 0.3 is 0 Å². The van der Waals surface area contributed by atoms with Crippen LogP contribution in [-0.2, 0) is 16.1 Å². The zero-order valence-electron chi connectivity index (χ0n) is 13.9. The average Bonchev–Trinajstić information content (AvgIpc) is 2.54. The smallest absolute Gasteiger partial charge is 0.251 e. The van der Waals surface area contributed by atoms with Crippen LogP contribution in [0.25, 0.3) is 0 Å². The maximum absolute atomic E-state index is 12.4. The lowest BCUT2D eigenvalue weighted by Crippen LogP contribution is -2.39. The molecule has 1 saturated heterocycles. The summed E-state index contributed by atoms with van der Waals surface area (Å²) in [6.45, 7) is 6.17. The van der Waals surface area contributed by atoms with E-state index >= 15 is 0 Å². The molecule has 1 aliphatic rings. The standard InChI is InChI=1S/C18H27NO3/c1-14(2)13-22-16-9-5-4-8-15(16)12-19(3)18(20)17-10-6-7-11-21-17/h4-5,8-9,14,17H,6-7,10-13H2,1-3H3/t17-/m0/s1. The minimum absolute atomic E-state index is 0.0679. The highest BCUT2D eigenvalue weighted by molar-refractivity contribution is 5.80. The van der Waals surface area contributed by atoms with Gasteiger partial charge in [-0.3, -0.25) is 4.79 Å². The SMILES string of the molecule is CC(C)COc1ccccc1CN(C)C(=O)[C@@H]1CCCCO1. The number of amides is 1. The molecule has 0 spiro atoms. The Morgan fingerprint density at radius 2 is 2.14 bits per heavy atom. The van der Waals surface area contributed by atoms with Gasteiger partial charge in [0.2, 0.25) is 0 Å². The second-order valence-corrected chi connectivity index (χ2v) is 6.36. The number of carbonyl (C=O) groups excluding carboxylic acids is 1. The van der Waals surface area contributed by atoms with Crippen molar-refractivity contribution in [1.82, 2.24) is 4.90 Å². The summed E-state index contributed by atoms with van der Waals surface area (Å²) in [5.41, 5.74) is 1.04. The quantitative estimate of drug-likeness (QED) is 0.810. The molecule has 4 heteroatoms. The van der Waals surface area contributed by atoms with Crippen LogP contribution >= 0.6 is 0 Å². The Labute approximate surface area is 133 Å². The molecular weight excluding hydrogens is 278 g/mol. The molecule has 1 aromatic rings. The van der Waals surface area contributed by atoms with E-state index in [1.165, 1.54) is 0 Å². The van der Waals surface area contributed by atoms with Crippen molar-refractivity contribution in [2.45, 2.75) is 45.8 Å². The van der Waals surface area contributed by atoms with E-state index in [9.17, 15) is 4.79 Å². The van der Waals surface area contributed by atoms with Crippen molar-refractivity contribution in [2.75, 3.05) is 20.3 Å². The van der Waals surface area contributed by atoms with Gasteiger partial charge in [-0.1, -0.05) is 32.0 Å². The predicted octanol–water partition coefficient (Wildman–Crippen LogP) is 3.25. The molecule has 1 amide bonds. The number of hydrogen-bond donors (Lipinski definition) is 0. The molecule has 1 aromatic carbocycles. The molecule has 1 atom stereocenters. The van der Waals surface area contributed by atoms with Crippen molar-refractivity contribution < 1.29 is 14.3 Å². The van der Waals surface area contributed by atoms with Gasteiger partial charge in [0.15, 0.2) is 0 Å². The summed E-state index contributed by atoms with van der Waals surface area (Å²) in [4.78, 5) is 14.2. The molecular formula is C18H27NO3. The van der Waals surface area contributed by atoms with E-state index in [1.807, 2.05) is 31.3 Å². The molecule has 0 unspecified atom stereocenters. The number of ether oxygens (including phenoxy) is 2. The van der Waals surface area contributed by atoms with Crippen LogP contribution < -0.4 is 4.74 Å². The van der Waals surface area contributed by atoms with Crippen LogP contribution in [0.4, 0.5) is 0 Å².